The summed E-state index contributed by atoms with van der Waals surface area (Å²) in [5.74, 6) is 0.187. The van der Waals surface area contributed by atoms with Crippen molar-refractivity contribution in [3.8, 4) is 0 Å². The minimum absolute atomic E-state index is 0.0533. The first-order chi connectivity index (χ1) is 11.2. The molecule has 5 heteroatoms. The van der Waals surface area contributed by atoms with E-state index in [9.17, 15) is 9.59 Å². The fourth-order valence-corrected chi connectivity index (χ4v) is 4.22. The largest absolute Gasteiger partial charge is 0.325 e. The predicted molar refractivity (Wildman–Crippen MR) is 88.2 cm³/mol. The van der Waals surface area contributed by atoms with Crippen LogP contribution in [0.1, 0.15) is 25.7 Å². The molecule has 4 rings (SSSR count). The van der Waals surface area contributed by atoms with Gasteiger partial charge < -0.3 is 14.7 Å². The van der Waals surface area contributed by atoms with Crippen molar-refractivity contribution in [3.05, 3.63) is 30.3 Å². The van der Waals surface area contributed by atoms with E-state index < -0.39 is 0 Å². The third-order valence-electron chi connectivity index (χ3n) is 5.47. The van der Waals surface area contributed by atoms with Crippen LogP contribution in [-0.4, -0.2) is 54.5 Å². The lowest BCUT2D eigenvalue weighted by molar-refractivity contribution is -0.117. The van der Waals surface area contributed by atoms with E-state index >= 15 is 0 Å². The fourth-order valence-electron chi connectivity index (χ4n) is 4.22. The number of nitrogens with zero attached hydrogens (tertiary/aromatic N) is 3. The van der Waals surface area contributed by atoms with E-state index in [4.69, 9.17) is 0 Å². The molecule has 0 aliphatic carbocycles. The number of amides is 3. The molecule has 3 amide bonds. The lowest BCUT2D eigenvalue weighted by atomic mass is 9.86. The zero-order valence-electron chi connectivity index (χ0n) is 13.4. The first-order valence-electron chi connectivity index (χ1n) is 8.56. The molecule has 3 aliphatic heterocycles. The van der Waals surface area contributed by atoms with E-state index in [0.29, 0.717) is 6.42 Å². The molecular formula is C18H23N3O2. The van der Waals surface area contributed by atoms with Gasteiger partial charge in [-0.25, -0.2) is 4.79 Å². The Kier molecular flexibility index (Phi) is 3.51. The molecule has 0 bridgehead atoms. The minimum Gasteiger partial charge on any atom is -0.325 e. The van der Waals surface area contributed by atoms with E-state index in [1.54, 1.807) is 0 Å². The molecule has 0 aromatic heterocycles. The molecule has 0 unspecified atom stereocenters. The summed E-state index contributed by atoms with van der Waals surface area (Å²) < 4.78 is 0. The van der Waals surface area contributed by atoms with E-state index in [2.05, 4.69) is 0 Å². The first-order valence-corrected chi connectivity index (χ1v) is 8.56. The van der Waals surface area contributed by atoms with Crippen LogP contribution in [0.15, 0.2) is 30.3 Å². The van der Waals surface area contributed by atoms with E-state index in [0.717, 1.165) is 57.7 Å². The van der Waals surface area contributed by atoms with Gasteiger partial charge in [0.05, 0.1) is 0 Å². The summed E-state index contributed by atoms with van der Waals surface area (Å²) in [6, 6.07) is 10.0. The molecule has 5 nitrogen and oxygen atoms in total. The average Bonchev–Trinajstić information content (AvgIpc) is 3.29. The molecule has 3 aliphatic rings. The molecular weight excluding hydrogens is 290 g/mol. The van der Waals surface area contributed by atoms with Gasteiger partial charge in [-0.1, -0.05) is 18.2 Å². The molecule has 1 spiro atoms. The maximum Gasteiger partial charge on any atom is 0.320 e. The van der Waals surface area contributed by atoms with Gasteiger partial charge in [0.1, 0.15) is 0 Å². The summed E-state index contributed by atoms with van der Waals surface area (Å²) in [4.78, 5) is 30.9. The maximum absolute atomic E-state index is 12.6. The Morgan fingerprint density at radius 1 is 0.957 bits per heavy atom. The second-order valence-electron chi connectivity index (χ2n) is 7.14. The van der Waals surface area contributed by atoms with Crippen molar-refractivity contribution in [2.75, 3.05) is 37.6 Å². The van der Waals surface area contributed by atoms with Gasteiger partial charge in [0.15, 0.2) is 0 Å². The number of benzene rings is 1. The normalized spacial score (nSPS) is 27.5. The highest BCUT2D eigenvalue weighted by Crippen LogP contribution is 2.42. The van der Waals surface area contributed by atoms with Crippen LogP contribution >= 0.6 is 0 Å². The van der Waals surface area contributed by atoms with Crippen molar-refractivity contribution in [1.29, 1.82) is 0 Å². The second-order valence-corrected chi connectivity index (χ2v) is 7.14. The molecule has 122 valence electrons. The van der Waals surface area contributed by atoms with Crippen molar-refractivity contribution in [2.45, 2.75) is 25.7 Å². The topological polar surface area (TPSA) is 43.9 Å². The zero-order chi connectivity index (χ0) is 15.9. The lowest BCUT2D eigenvalue weighted by Gasteiger charge is -2.27. The molecule has 3 saturated heterocycles. The highest BCUT2D eigenvalue weighted by atomic mass is 16.2. The highest BCUT2D eigenvalue weighted by molar-refractivity contribution is 5.96. The smallest absolute Gasteiger partial charge is 0.320 e. The fraction of sp³-hybridized carbons (Fsp3) is 0.556. The number of anilines is 1. The predicted octanol–water partition coefficient (Wildman–Crippen LogP) is 2.33. The quantitative estimate of drug-likeness (QED) is 0.799. The Morgan fingerprint density at radius 3 is 2.43 bits per heavy atom. The summed E-state index contributed by atoms with van der Waals surface area (Å²) in [6.07, 6.45) is 3.73. The maximum atomic E-state index is 12.6. The first kappa shape index (κ1) is 14.5. The van der Waals surface area contributed by atoms with Crippen LogP contribution in [0.25, 0.3) is 0 Å². The van der Waals surface area contributed by atoms with Gasteiger partial charge in [-0.3, -0.25) is 4.79 Å². The molecule has 0 N–H and O–H groups in total. The Bertz CT molecular complexity index is 612. The minimum atomic E-state index is -0.0533. The standard InChI is InChI=1S/C18H23N3O2/c22-16-12-18(14-21(16)15-6-2-1-3-7-15)8-11-20(13-18)17(23)19-9-4-5-10-19/h1-3,6-7H,4-5,8-14H2/t18-/m1/s1. The van der Waals surface area contributed by atoms with Crippen molar-refractivity contribution in [1.82, 2.24) is 9.80 Å². The van der Waals surface area contributed by atoms with Crippen molar-refractivity contribution < 1.29 is 9.59 Å². The molecule has 0 saturated carbocycles. The van der Waals surface area contributed by atoms with Gasteiger partial charge in [-0.05, 0) is 31.4 Å². The van der Waals surface area contributed by atoms with Crippen LogP contribution in [0.4, 0.5) is 10.5 Å². The monoisotopic (exact) mass is 313 g/mol. The van der Waals surface area contributed by atoms with E-state index in [1.807, 2.05) is 45.0 Å². The summed E-state index contributed by atoms with van der Waals surface area (Å²) in [5.41, 5.74) is 0.918. The Balaban J connectivity index is 1.46. The van der Waals surface area contributed by atoms with Crippen LogP contribution in [0, 0.1) is 5.41 Å². The zero-order valence-corrected chi connectivity index (χ0v) is 13.4. The summed E-state index contributed by atoms with van der Waals surface area (Å²) >= 11 is 0. The molecule has 0 radical (unpaired) electrons. The van der Waals surface area contributed by atoms with Gasteiger partial charge in [-0.2, -0.15) is 0 Å². The van der Waals surface area contributed by atoms with Crippen molar-refractivity contribution in [3.63, 3.8) is 0 Å². The van der Waals surface area contributed by atoms with E-state index in [1.165, 1.54) is 0 Å². The third-order valence-corrected chi connectivity index (χ3v) is 5.47. The van der Waals surface area contributed by atoms with Crippen molar-refractivity contribution in [2.24, 2.45) is 5.41 Å². The number of hydrogen-bond donors (Lipinski definition) is 0. The average molecular weight is 313 g/mol. The van der Waals surface area contributed by atoms with Crippen molar-refractivity contribution >= 4 is 17.6 Å². The Hall–Kier alpha value is -2.04. The third kappa shape index (κ3) is 2.58. The Labute approximate surface area is 136 Å². The van der Waals surface area contributed by atoms with Crippen LogP contribution in [0.5, 0.6) is 0 Å². The van der Waals surface area contributed by atoms with Crippen LogP contribution in [0.2, 0.25) is 0 Å². The van der Waals surface area contributed by atoms with Gasteiger partial charge in [-0.15, -0.1) is 0 Å². The summed E-state index contributed by atoms with van der Waals surface area (Å²) in [6.45, 7) is 4.01. The SMILES string of the molecule is O=C(N1CCCC1)N1CC[C@@]2(CC(=O)N(c3ccccc3)C2)C1. The van der Waals surface area contributed by atoms with Gasteiger partial charge in [0, 0.05) is 50.2 Å². The number of likely N-dealkylation sites (tertiary alicyclic amines) is 2. The Morgan fingerprint density at radius 2 is 1.70 bits per heavy atom. The molecule has 1 aromatic carbocycles. The number of para-hydroxylation sites is 1. The van der Waals surface area contributed by atoms with Gasteiger partial charge in [0.2, 0.25) is 5.91 Å². The van der Waals surface area contributed by atoms with Gasteiger partial charge >= 0.3 is 6.03 Å². The molecule has 23 heavy (non-hydrogen) atoms. The van der Waals surface area contributed by atoms with Gasteiger partial charge in [0.25, 0.3) is 0 Å². The van der Waals surface area contributed by atoms with E-state index in [-0.39, 0.29) is 17.4 Å². The molecule has 1 aromatic rings. The number of hydrogen-bond acceptors (Lipinski definition) is 2. The lowest BCUT2D eigenvalue weighted by Crippen LogP contribution is -2.42. The number of carbonyl (C=O) groups is 2. The van der Waals surface area contributed by atoms with Crippen LogP contribution in [-0.2, 0) is 4.79 Å². The molecule has 3 heterocycles. The summed E-state index contributed by atoms with van der Waals surface area (Å²) in [7, 11) is 0. The highest BCUT2D eigenvalue weighted by Gasteiger charge is 2.49. The van der Waals surface area contributed by atoms with Crippen LogP contribution < -0.4 is 4.90 Å². The van der Waals surface area contributed by atoms with Crippen LogP contribution in [0.3, 0.4) is 0 Å². The summed E-state index contributed by atoms with van der Waals surface area (Å²) in [5, 5.41) is 0. The molecule has 1 atom stereocenters. The second kappa shape index (κ2) is 5.55. The number of urea groups is 1. The number of carbonyl (C=O) groups excluding carboxylic acids is 2. The number of rotatable bonds is 1. The molecule has 3 fully saturated rings.